The molecule has 3 heterocycles. The minimum absolute atomic E-state index is 0.0177. The van der Waals surface area contributed by atoms with Crippen LogP contribution in [0.15, 0.2) is 41.5 Å². The van der Waals surface area contributed by atoms with E-state index in [1.54, 1.807) is 6.07 Å². The van der Waals surface area contributed by atoms with Gasteiger partial charge in [-0.25, -0.2) is 15.0 Å². The SMILES string of the molecule is O=c1[nH]c(C2CCCN2c2ncc(C3CC3)cn2)nc2ccccc12. The molecule has 0 radical (unpaired) electrons. The maximum absolute atomic E-state index is 12.4. The van der Waals surface area contributed by atoms with Crippen LogP contribution in [0.25, 0.3) is 10.9 Å². The van der Waals surface area contributed by atoms with Gasteiger partial charge in [-0.3, -0.25) is 4.79 Å². The predicted octanol–water partition coefficient (Wildman–Crippen LogP) is 2.93. The lowest BCUT2D eigenvalue weighted by molar-refractivity contribution is 0.654. The van der Waals surface area contributed by atoms with Gasteiger partial charge in [0.2, 0.25) is 5.95 Å². The summed E-state index contributed by atoms with van der Waals surface area (Å²) in [6, 6.07) is 7.47. The largest absolute Gasteiger partial charge is 0.331 e. The van der Waals surface area contributed by atoms with E-state index in [1.165, 1.54) is 18.4 Å². The van der Waals surface area contributed by atoms with Gasteiger partial charge in [0, 0.05) is 18.9 Å². The molecule has 126 valence electrons. The number of hydrogen-bond donors (Lipinski definition) is 1. The molecule has 3 aromatic rings. The molecule has 2 aliphatic rings. The molecule has 1 saturated heterocycles. The van der Waals surface area contributed by atoms with E-state index in [-0.39, 0.29) is 11.6 Å². The minimum Gasteiger partial charge on any atom is -0.331 e. The Labute approximate surface area is 145 Å². The average molecular weight is 333 g/mol. The first-order chi connectivity index (χ1) is 12.3. The summed E-state index contributed by atoms with van der Waals surface area (Å²) in [5, 5.41) is 0.626. The molecule has 6 nitrogen and oxygen atoms in total. The van der Waals surface area contributed by atoms with Gasteiger partial charge in [-0.05, 0) is 49.3 Å². The number of aromatic amines is 1. The van der Waals surface area contributed by atoms with Crippen LogP contribution >= 0.6 is 0 Å². The van der Waals surface area contributed by atoms with Crippen molar-refractivity contribution in [1.29, 1.82) is 0 Å². The number of anilines is 1. The van der Waals surface area contributed by atoms with Gasteiger partial charge in [0.25, 0.3) is 5.56 Å². The molecule has 1 unspecified atom stereocenters. The van der Waals surface area contributed by atoms with Gasteiger partial charge in [0.1, 0.15) is 5.82 Å². The van der Waals surface area contributed by atoms with Crippen molar-refractivity contribution < 1.29 is 0 Å². The fraction of sp³-hybridized carbons (Fsp3) is 0.368. The number of fused-ring (bicyclic) bond motifs is 1. The lowest BCUT2D eigenvalue weighted by Crippen LogP contribution is -2.27. The van der Waals surface area contributed by atoms with E-state index in [2.05, 4.69) is 19.9 Å². The lowest BCUT2D eigenvalue weighted by atomic mass is 10.2. The van der Waals surface area contributed by atoms with Gasteiger partial charge in [-0.1, -0.05) is 12.1 Å². The van der Waals surface area contributed by atoms with E-state index >= 15 is 0 Å². The highest BCUT2D eigenvalue weighted by atomic mass is 16.1. The third-order valence-electron chi connectivity index (χ3n) is 5.16. The number of H-pyrrole nitrogens is 1. The Hall–Kier alpha value is -2.76. The van der Waals surface area contributed by atoms with Crippen LogP contribution < -0.4 is 10.5 Å². The number of aromatic nitrogens is 4. The van der Waals surface area contributed by atoms with Crippen molar-refractivity contribution >= 4 is 16.9 Å². The summed E-state index contributed by atoms with van der Waals surface area (Å²) < 4.78 is 0. The second-order valence-corrected chi connectivity index (χ2v) is 6.91. The first-order valence-corrected chi connectivity index (χ1v) is 8.87. The normalized spacial score (nSPS) is 20.3. The van der Waals surface area contributed by atoms with Crippen molar-refractivity contribution in [2.45, 2.75) is 37.6 Å². The zero-order valence-corrected chi connectivity index (χ0v) is 13.9. The molecular formula is C19H19N5O. The maximum atomic E-state index is 12.4. The highest BCUT2D eigenvalue weighted by molar-refractivity contribution is 5.77. The summed E-state index contributed by atoms with van der Waals surface area (Å²) in [6.07, 6.45) is 8.37. The summed E-state index contributed by atoms with van der Waals surface area (Å²) >= 11 is 0. The number of benzene rings is 1. The molecule has 6 heteroatoms. The van der Waals surface area contributed by atoms with Crippen LogP contribution in [0.4, 0.5) is 5.95 Å². The molecule has 1 aromatic carbocycles. The van der Waals surface area contributed by atoms with Crippen molar-refractivity contribution in [3.8, 4) is 0 Å². The molecule has 0 amide bonds. The van der Waals surface area contributed by atoms with Gasteiger partial charge < -0.3 is 9.88 Å². The van der Waals surface area contributed by atoms with E-state index in [4.69, 9.17) is 4.98 Å². The monoisotopic (exact) mass is 333 g/mol. The summed E-state index contributed by atoms with van der Waals surface area (Å²) in [6.45, 7) is 0.879. The summed E-state index contributed by atoms with van der Waals surface area (Å²) in [5.41, 5.74) is 1.88. The van der Waals surface area contributed by atoms with Crippen molar-refractivity contribution in [3.63, 3.8) is 0 Å². The highest BCUT2D eigenvalue weighted by Crippen LogP contribution is 2.40. The maximum Gasteiger partial charge on any atom is 0.258 e. The Morgan fingerprint density at radius 1 is 1.08 bits per heavy atom. The molecule has 2 aromatic heterocycles. The Morgan fingerprint density at radius 2 is 1.88 bits per heavy atom. The van der Waals surface area contributed by atoms with Gasteiger partial charge >= 0.3 is 0 Å². The number of hydrogen-bond acceptors (Lipinski definition) is 5. The van der Waals surface area contributed by atoms with Crippen molar-refractivity contribution in [2.75, 3.05) is 11.4 Å². The molecule has 1 N–H and O–H groups in total. The molecular weight excluding hydrogens is 314 g/mol. The van der Waals surface area contributed by atoms with Crippen LogP contribution in [0.1, 0.15) is 49.0 Å². The zero-order valence-electron chi connectivity index (χ0n) is 13.9. The lowest BCUT2D eigenvalue weighted by Gasteiger charge is -2.24. The average Bonchev–Trinajstić information content (AvgIpc) is 3.38. The summed E-state index contributed by atoms with van der Waals surface area (Å²) in [7, 11) is 0. The minimum atomic E-state index is -0.0857. The number of nitrogens with one attached hydrogen (secondary N) is 1. The Bertz CT molecular complexity index is 977. The smallest absolute Gasteiger partial charge is 0.258 e. The number of rotatable bonds is 3. The number of para-hydroxylation sites is 1. The Kier molecular flexibility index (Phi) is 3.29. The zero-order chi connectivity index (χ0) is 16.8. The van der Waals surface area contributed by atoms with Crippen LogP contribution in [0.5, 0.6) is 0 Å². The molecule has 1 aliphatic heterocycles. The standard InChI is InChI=1S/C19H19N5O/c25-18-14-4-1-2-5-15(14)22-17(23-18)16-6-3-9-24(16)19-20-10-13(11-21-19)12-7-8-12/h1-2,4-5,10-12,16H,3,6-9H2,(H,22,23,25). The second-order valence-electron chi connectivity index (χ2n) is 6.91. The van der Waals surface area contributed by atoms with Crippen molar-refractivity contribution in [1.82, 2.24) is 19.9 Å². The topological polar surface area (TPSA) is 74.8 Å². The Morgan fingerprint density at radius 3 is 2.68 bits per heavy atom. The van der Waals surface area contributed by atoms with Crippen LogP contribution in [0.3, 0.4) is 0 Å². The third-order valence-corrected chi connectivity index (χ3v) is 5.16. The van der Waals surface area contributed by atoms with Gasteiger partial charge in [-0.15, -0.1) is 0 Å². The van der Waals surface area contributed by atoms with E-state index in [9.17, 15) is 4.79 Å². The molecule has 1 atom stereocenters. The van der Waals surface area contributed by atoms with Gasteiger partial charge in [0.05, 0.1) is 16.9 Å². The quantitative estimate of drug-likeness (QED) is 0.797. The van der Waals surface area contributed by atoms with E-state index in [1.807, 2.05) is 30.6 Å². The first kappa shape index (κ1) is 14.6. The van der Waals surface area contributed by atoms with E-state index < -0.39 is 0 Å². The van der Waals surface area contributed by atoms with Crippen LogP contribution in [-0.4, -0.2) is 26.5 Å². The fourth-order valence-electron chi connectivity index (χ4n) is 3.66. The van der Waals surface area contributed by atoms with E-state index in [0.717, 1.165) is 30.9 Å². The second kappa shape index (κ2) is 5.65. The predicted molar refractivity (Wildman–Crippen MR) is 95.7 cm³/mol. The van der Waals surface area contributed by atoms with Gasteiger partial charge in [0.15, 0.2) is 0 Å². The van der Waals surface area contributed by atoms with Crippen molar-refractivity contribution in [3.05, 3.63) is 58.4 Å². The molecule has 1 saturated carbocycles. The molecule has 5 rings (SSSR count). The summed E-state index contributed by atoms with van der Waals surface area (Å²) in [5.74, 6) is 2.08. The highest BCUT2D eigenvalue weighted by Gasteiger charge is 2.31. The fourth-order valence-corrected chi connectivity index (χ4v) is 3.66. The van der Waals surface area contributed by atoms with Crippen LogP contribution in [0.2, 0.25) is 0 Å². The number of nitrogens with zero attached hydrogens (tertiary/aromatic N) is 4. The molecule has 2 fully saturated rings. The van der Waals surface area contributed by atoms with E-state index in [0.29, 0.717) is 17.1 Å². The molecule has 25 heavy (non-hydrogen) atoms. The molecule has 0 bridgehead atoms. The third kappa shape index (κ3) is 2.58. The van der Waals surface area contributed by atoms with Crippen LogP contribution in [-0.2, 0) is 0 Å². The van der Waals surface area contributed by atoms with Crippen molar-refractivity contribution in [2.24, 2.45) is 0 Å². The summed E-state index contributed by atoms with van der Waals surface area (Å²) in [4.78, 5) is 31.4. The van der Waals surface area contributed by atoms with Gasteiger partial charge in [-0.2, -0.15) is 0 Å². The molecule has 1 aliphatic carbocycles. The Balaban J connectivity index is 1.51. The van der Waals surface area contributed by atoms with Crippen LogP contribution in [0, 0.1) is 0 Å². The molecule has 0 spiro atoms. The first-order valence-electron chi connectivity index (χ1n) is 8.87.